The van der Waals surface area contributed by atoms with Crippen molar-refractivity contribution in [3.05, 3.63) is 42.7 Å². The van der Waals surface area contributed by atoms with Crippen molar-refractivity contribution in [3.63, 3.8) is 0 Å². The minimum Gasteiger partial charge on any atom is -0.279 e. The third-order valence-electron chi connectivity index (χ3n) is 2.52. The van der Waals surface area contributed by atoms with Crippen LogP contribution in [-0.2, 0) is 10.0 Å². The number of nitrogens with one attached hydrogen (secondary N) is 1. The predicted molar refractivity (Wildman–Crippen MR) is 91.5 cm³/mol. The molecular formula is C12H11BrINO2S2. The first-order valence-corrected chi connectivity index (χ1v) is 9.51. The molecule has 0 aliphatic rings. The number of halogens is 2. The van der Waals surface area contributed by atoms with Crippen molar-refractivity contribution in [1.29, 1.82) is 0 Å². The average molecular weight is 472 g/mol. The SMILES string of the molecule is Cc1ccc(NS(=O)(=O)c2cc(C)c(Br)s2)cc1I. The number of sulfonamides is 1. The van der Waals surface area contributed by atoms with Gasteiger partial charge in [0.1, 0.15) is 4.21 Å². The van der Waals surface area contributed by atoms with Gasteiger partial charge < -0.3 is 0 Å². The maximum Gasteiger partial charge on any atom is 0.271 e. The Hall–Kier alpha value is -0.120. The minimum atomic E-state index is -3.51. The summed E-state index contributed by atoms with van der Waals surface area (Å²) in [6, 6.07) is 7.15. The van der Waals surface area contributed by atoms with Crippen LogP contribution >= 0.6 is 49.9 Å². The Labute approximate surface area is 138 Å². The second kappa shape index (κ2) is 5.71. The van der Waals surface area contributed by atoms with E-state index in [9.17, 15) is 8.42 Å². The highest BCUT2D eigenvalue weighted by Gasteiger charge is 2.18. The van der Waals surface area contributed by atoms with Gasteiger partial charge in [0.05, 0.1) is 3.79 Å². The van der Waals surface area contributed by atoms with E-state index in [0.717, 1.165) is 18.5 Å². The molecule has 2 rings (SSSR count). The Morgan fingerprint density at radius 1 is 1.21 bits per heavy atom. The number of benzene rings is 1. The van der Waals surface area contributed by atoms with Gasteiger partial charge in [-0.15, -0.1) is 11.3 Å². The van der Waals surface area contributed by atoms with Gasteiger partial charge in [-0.3, -0.25) is 4.72 Å². The molecule has 0 saturated heterocycles. The Kier molecular flexibility index (Phi) is 4.59. The molecule has 1 heterocycles. The standard InChI is InChI=1S/C12H11BrINO2S2/c1-7-3-4-9(6-10(7)14)15-19(16,17)11-5-8(2)12(13)18-11/h3-6,15H,1-2H3. The molecule has 2 aromatic rings. The maximum atomic E-state index is 12.2. The molecule has 19 heavy (non-hydrogen) atoms. The quantitative estimate of drug-likeness (QED) is 0.668. The summed E-state index contributed by atoms with van der Waals surface area (Å²) in [6.07, 6.45) is 0. The molecule has 0 aliphatic carbocycles. The van der Waals surface area contributed by atoms with E-state index >= 15 is 0 Å². The molecule has 3 nitrogen and oxygen atoms in total. The van der Waals surface area contributed by atoms with Gasteiger partial charge in [-0.1, -0.05) is 6.07 Å². The van der Waals surface area contributed by atoms with Crippen molar-refractivity contribution in [1.82, 2.24) is 0 Å². The van der Waals surface area contributed by atoms with Gasteiger partial charge in [0.15, 0.2) is 0 Å². The van der Waals surface area contributed by atoms with Crippen molar-refractivity contribution in [3.8, 4) is 0 Å². The van der Waals surface area contributed by atoms with Crippen molar-refractivity contribution >= 4 is 65.6 Å². The maximum absolute atomic E-state index is 12.2. The highest BCUT2D eigenvalue weighted by Crippen LogP contribution is 2.31. The molecule has 1 aromatic heterocycles. The lowest BCUT2D eigenvalue weighted by Crippen LogP contribution is -2.11. The molecule has 1 aromatic carbocycles. The third-order valence-corrected chi connectivity index (χ3v) is 7.68. The van der Waals surface area contributed by atoms with Crippen LogP contribution in [0.3, 0.4) is 0 Å². The summed E-state index contributed by atoms with van der Waals surface area (Å²) in [7, 11) is -3.51. The normalized spacial score (nSPS) is 11.6. The molecule has 1 N–H and O–H groups in total. The van der Waals surface area contributed by atoms with E-state index in [1.165, 1.54) is 11.3 Å². The van der Waals surface area contributed by atoms with Crippen molar-refractivity contribution in [2.75, 3.05) is 4.72 Å². The molecule has 0 spiro atoms. The van der Waals surface area contributed by atoms with Crippen LogP contribution in [0.25, 0.3) is 0 Å². The smallest absolute Gasteiger partial charge is 0.271 e. The summed E-state index contributed by atoms with van der Waals surface area (Å²) >= 11 is 6.74. The van der Waals surface area contributed by atoms with Crippen LogP contribution < -0.4 is 4.72 Å². The molecular weight excluding hydrogens is 461 g/mol. The van der Waals surface area contributed by atoms with Crippen molar-refractivity contribution < 1.29 is 8.42 Å². The number of hydrogen-bond acceptors (Lipinski definition) is 3. The molecule has 0 saturated carbocycles. The van der Waals surface area contributed by atoms with Gasteiger partial charge in [0.2, 0.25) is 0 Å². The van der Waals surface area contributed by atoms with Gasteiger partial charge in [0, 0.05) is 9.26 Å². The van der Waals surface area contributed by atoms with Gasteiger partial charge in [-0.05, 0) is 81.7 Å². The second-order valence-corrected chi connectivity index (χ2v) is 9.53. The molecule has 102 valence electrons. The predicted octanol–water partition coefficient (Wildman–Crippen LogP) is 4.53. The van der Waals surface area contributed by atoms with E-state index in [0.29, 0.717) is 9.90 Å². The zero-order chi connectivity index (χ0) is 14.2. The minimum absolute atomic E-state index is 0.312. The first-order chi connectivity index (χ1) is 8.79. The highest BCUT2D eigenvalue weighted by molar-refractivity contribution is 14.1. The van der Waals surface area contributed by atoms with Crippen LogP contribution in [0.4, 0.5) is 5.69 Å². The van der Waals surface area contributed by atoms with Crippen LogP contribution in [0.1, 0.15) is 11.1 Å². The summed E-state index contributed by atoms with van der Waals surface area (Å²) in [5.74, 6) is 0. The Balaban J connectivity index is 2.33. The van der Waals surface area contributed by atoms with Crippen LogP contribution in [0.5, 0.6) is 0 Å². The number of thiophene rings is 1. The van der Waals surface area contributed by atoms with Crippen LogP contribution in [0, 0.1) is 17.4 Å². The second-order valence-electron chi connectivity index (χ2n) is 4.09. The summed E-state index contributed by atoms with van der Waals surface area (Å²) in [4.78, 5) is 0. The molecule has 0 bridgehead atoms. The lowest BCUT2D eigenvalue weighted by molar-refractivity contribution is 0.603. The fourth-order valence-corrected chi connectivity index (χ4v) is 5.22. The molecule has 0 amide bonds. The first-order valence-electron chi connectivity index (χ1n) is 5.34. The van der Waals surface area contributed by atoms with Crippen LogP contribution in [0.15, 0.2) is 32.3 Å². The van der Waals surface area contributed by atoms with Crippen LogP contribution in [0.2, 0.25) is 0 Å². The molecule has 0 radical (unpaired) electrons. The Morgan fingerprint density at radius 2 is 1.89 bits per heavy atom. The number of anilines is 1. The Morgan fingerprint density at radius 3 is 2.42 bits per heavy atom. The zero-order valence-corrected chi connectivity index (χ0v) is 15.6. The highest BCUT2D eigenvalue weighted by atomic mass is 127. The van der Waals surface area contributed by atoms with Crippen LogP contribution in [-0.4, -0.2) is 8.42 Å². The fourth-order valence-electron chi connectivity index (χ4n) is 1.43. The van der Waals surface area contributed by atoms with Gasteiger partial charge in [0.25, 0.3) is 10.0 Å². The molecule has 0 atom stereocenters. The average Bonchev–Trinajstić information content (AvgIpc) is 2.65. The molecule has 0 unspecified atom stereocenters. The summed E-state index contributed by atoms with van der Waals surface area (Å²) < 4.78 is 29.3. The fraction of sp³-hybridized carbons (Fsp3) is 0.167. The van der Waals surface area contributed by atoms with Gasteiger partial charge in [-0.25, -0.2) is 8.42 Å². The number of hydrogen-bond donors (Lipinski definition) is 1. The largest absolute Gasteiger partial charge is 0.279 e. The number of rotatable bonds is 3. The monoisotopic (exact) mass is 471 g/mol. The Bertz CT molecular complexity index is 706. The third kappa shape index (κ3) is 3.50. The van der Waals surface area contributed by atoms with Crippen molar-refractivity contribution in [2.45, 2.75) is 18.1 Å². The summed E-state index contributed by atoms with van der Waals surface area (Å²) in [6.45, 7) is 3.86. The summed E-state index contributed by atoms with van der Waals surface area (Å²) in [5.41, 5.74) is 2.62. The van der Waals surface area contributed by atoms with Crippen molar-refractivity contribution in [2.24, 2.45) is 0 Å². The lowest BCUT2D eigenvalue weighted by Gasteiger charge is -2.07. The van der Waals surface area contributed by atoms with Gasteiger partial charge >= 0.3 is 0 Å². The van der Waals surface area contributed by atoms with E-state index in [2.05, 4.69) is 43.2 Å². The van der Waals surface area contributed by atoms with E-state index in [1.807, 2.05) is 26.0 Å². The lowest BCUT2D eigenvalue weighted by atomic mass is 10.2. The first kappa shape index (κ1) is 15.3. The molecule has 7 heteroatoms. The number of aryl methyl sites for hydroxylation is 2. The topological polar surface area (TPSA) is 46.2 Å². The zero-order valence-electron chi connectivity index (χ0n) is 10.2. The van der Waals surface area contributed by atoms with E-state index in [-0.39, 0.29) is 0 Å². The molecule has 0 fully saturated rings. The van der Waals surface area contributed by atoms with E-state index < -0.39 is 10.0 Å². The summed E-state index contributed by atoms with van der Waals surface area (Å²) in [5, 5.41) is 0. The van der Waals surface area contributed by atoms with E-state index in [4.69, 9.17) is 0 Å². The van der Waals surface area contributed by atoms with Gasteiger partial charge in [-0.2, -0.15) is 0 Å². The van der Waals surface area contributed by atoms with E-state index in [1.54, 1.807) is 12.1 Å². The molecule has 0 aliphatic heterocycles.